The van der Waals surface area contributed by atoms with Gasteiger partial charge in [-0.1, -0.05) is 0 Å². The van der Waals surface area contributed by atoms with Crippen molar-refractivity contribution in [2.75, 3.05) is 6.61 Å². The van der Waals surface area contributed by atoms with Gasteiger partial charge in [0.1, 0.15) is 11.3 Å². The summed E-state index contributed by atoms with van der Waals surface area (Å²) in [6, 6.07) is 2.94. The number of hydrogen-bond acceptors (Lipinski definition) is 6. The average molecular weight is 255 g/mol. The molecular weight excluding hydrogens is 246 g/mol. The van der Waals surface area contributed by atoms with Gasteiger partial charge in [-0.3, -0.25) is 10.1 Å². The number of nitrogens with zero attached hydrogens (tertiary/aromatic N) is 1. The van der Waals surface area contributed by atoms with Crippen LogP contribution in [0, 0.1) is 10.1 Å². The predicted molar refractivity (Wildman–Crippen MR) is 57.7 cm³/mol. The molecule has 0 saturated carbocycles. The molecule has 0 saturated heterocycles. The molecule has 0 radical (unpaired) electrons. The van der Waals surface area contributed by atoms with E-state index in [1.807, 2.05) is 0 Å². The molecule has 0 atom stereocenters. The van der Waals surface area contributed by atoms with Gasteiger partial charge in [0.15, 0.2) is 0 Å². The van der Waals surface area contributed by atoms with Crippen LogP contribution in [0.4, 0.5) is 10.5 Å². The summed E-state index contributed by atoms with van der Waals surface area (Å²) in [5, 5.41) is 19.4. The van der Waals surface area contributed by atoms with Gasteiger partial charge in [-0.05, 0) is 13.0 Å². The summed E-state index contributed by atoms with van der Waals surface area (Å²) >= 11 is 0. The van der Waals surface area contributed by atoms with Gasteiger partial charge in [-0.25, -0.2) is 9.59 Å². The number of nitro groups is 1. The molecule has 1 N–H and O–H groups in total. The Balaban J connectivity index is 3.04. The smallest absolute Gasteiger partial charge is 0.477 e. The first-order valence-corrected chi connectivity index (χ1v) is 4.82. The van der Waals surface area contributed by atoms with Crippen molar-refractivity contribution in [1.82, 2.24) is 0 Å². The van der Waals surface area contributed by atoms with Gasteiger partial charge in [-0.15, -0.1) is 0 Å². The van der Waals surface area contributed by atoms with Gasteiger partial charge in [-0.2, -0.15) is 0 Å². The average Bonchev–Trinajstić information content (AvgIpc) is 2.28. The Morgan fingerprint density at radius 3 is 2.61 bits per heavy atom. The first-order valence-electron chi connectivity index (χ1n) is 4.82. The Hall–Kier alpha value is -2.64. The summed E-state index contributed by atoms with van der Waals surface area (Å²) in [6.45, 7) is 1.66. The second-order valence-corrected chi connectivity index (χ2v) is 3.03. The van der Waals surface area contributed by atoms with Gasteiger partial charge in [0.25, 0.3) is 5.69 Å². The lowest BCUT2D eigenvalue weighted by molar-refractivity contribution is -0.385. The number of hydrogen-bond donors (Lipinski definition) is 1. The van der Waals surface area contributed by atoms with E-state index in [0.717, 1.165) is 18.2 Å². The van der Waals surface area contributed by atoms with Crippen molar-refractivity contribution in [2.24, 2.45) is 0 Å². The third kappa shape index (κ3) is 3.17. The lowest BCUT2D eigenvalue weighted by atomic mass is 10.2. The molecule has 96 valence electrons. The zero-order valence-electron chi connectivity index (χ0n) is 9.28. The van der Waals surface area contributed by atoms with Crippen LogP contribution in [0.25, 0.3) is 0 Å². The molecule has 1 aromatic carbocycles. The molecule has 0 unspecified atom stereocenters. The molecule has 1 rings (SSSR count). The monoisotopic (exact) mass is 255 g/mol. The van der Waals surface area contributed by atoms with E-state index in [9.17, 15) is 19.7 Å². The van der Waals surface area contributed by atoms with Gasteiger partial charge in [0, 0.05) is 12.1 Å². The number of aromatic carboxylic acids is 1. The van der Waals surface area contributed by atoms with Gasteiger partial charge < -0.3 is 14.6 Å². The highest BCUT2D eigenvalue weighted by molar-refractivity contribution is 5.93. The zero-order chi connectivity index (χ0) is 13.7. The summed E-state index contributed by atoms with van der Waals surface area (Å²) in [7, 11) is 0. The molecule has 18 heavy (non-hydrogen) atoms. The molecule has 8 nitrogen and oxygen atoms in total. The van der Waals surface area contributed by atoms with Crippen LogP contribution in [-0.4, -0.2) is 28.8 Å². The number of carbonyl (C=O) groups is 2. The van der Waals surface area contributed by atoms with Crippen LogP contribution in [0.2, 0.25) is 0 Å². The number of carboxylic acid groups (broad SMARTS) is 1. The third-order valence-corrected chi connectivity index (χ3v) is 1.86. The Bertz CT molecular complexity index is 497. The molecular formula is C10H9NO7. The van der Waals surface area contributed by atoms with E-state index in [1.54, 1.807) is 6.92 Å². The van der Waals surface area contributed by atoms with Crippen LogP contribution in [-0.2, 0) is 4.74 Å². The SMILES string of the molecule is CCOC(=O)Oc1ccc([N+](=O)[O-])c(C(=O)O)c1. The molecule has 0 bridgehead atoms. The van der Waals surface area contributed by atoms with E-state index in [2.05, 4.69) is 9.47 Å². The molecule has 0 heterocycles. The van der Waals surface area contributed by atoms with Crippen LogP contribution in [0.3, 0.4) is 0 Å². The van der Waals surface area contributed by atoms with Gasteiger partial charge in [0.2, 0.25) is 0 Å². The van der Waals surface area contributed by atoms with Crippen molar-refractivity contribution in [3.63, 3.8) is 0 Å². The highest BCUT2D eigenvalue weighted by Gasteiger charge is 2.21. The maximum atomic E-state index is 11.0. The second-order valence-electron chi connectivity index (χ2n) is 3.03. The van der Waals surface area contributed by atoms with Gasteiger partial charge in [0.05, 0.1) is 11.5 Å². The van der Waals surface area contributed by atoms with Crippen LogP contribution in [0.15, 0.2) is 18.2 Å². The topological polar surface area (TPSA) is 116 Å². The van der Waals surface area contributed by atoms with E-state index in [1.165, 1.54) is 0 Å². The van der Waals surface area contributed by atoms with Gasteiger partial charge >= 0.3 is 12.1 Å². The van der Waals surface area contributed by atoms with E-state index in [0.29, 0.717) is 0 Å². The number of benzene rings is 1. The van der Waals surface area contributed by atoms with E-state index in [-0.39, 0.29) is 12.4 Å². The lowest BCUT2D eigenvalue weighted by Gasteiger charge is -2.05. The first kappa shape index (κ1) is 13.4. The van der Waals surface area contributed by atoms with Crippen molar-refractivity contribution in [1.29, 1.82) is 0 Å². The Kier molecular flexibility index (Phi) is 4.19. The molecule has 0 aliphatic heterocycles. The maximum Gasteiger partial charge on any atom is 0.513 e. The Morgan fingerprint density at radius 2 is 2.11 bits per heavy atom. The summed E-state index contributed by atoms with van der Waals surface area (Å²) < 4.78 is 9.11. The summed E-state index contributed by atoms with van der Waals surface area (Å²) in [5.41, 5.74) is -1.15. The first-order chi connectivity index (χ1) is 8.45. The molecule has 0 fully saturated rings. The minimum atomic E-state index is -1.49. The van der Waals surface area contributed by atoms with Crippen LogP contribution in [0.5, 0.6) is 5.75 Å². The standard InChI is InChI=1S/C10H9NO7/c1-2-17-10(14)18-6-3-4-8(11(15)16)7(5-6)9(12)13/h3-5H,2H2,1H3,(H,12,13). The number of carboxylic acids is 1. The van der Waals surface area contributed by atoms with E-state index >= 15 is 0 Å². The molecule has 0 spiro atoms. The van der Waals surface area contributed by atoms with Crippen LogP contribution >= 0.6 is 0 Å². The Morgan fingerprint density at radius 1 is 1.44 bits per heavy atom. The van der Waals surface area contributed by atoms with E-state index < -0.39 is 28.3 Å². The quantitative estimate of drug-likeness (QED) is 0.377. The van der Waals surface area contributed by atoms with Crippen molar-refractivity contribution in [2.45, 2.75) is 6.92 Å². The minimum Gasteiger partial charge on any atom is -0.477 e. The second kappa shape index (κ2) is 5.62. The largest absolute Gasteiger partial charge is 0.513 e. The summed E-state index contributed by atoms with van der Waals surface area (Å²) in [6.07, 6.45) is -1.01. The fraction of sp³-hybridized carbons (Fsp3) is 0.200. The van der Waals surface area contributed by atoms with E-state index in [4.69, 9.17) is 5.11 Å². The predicted octanol–water partition coefficient (Wildman–Crippen LogP) is 1.83. The number of ether oxygens (including phenoxy) is 2. The molecule has 1 aromatic rings. The Labute approximate surface area is 101 Å². The number of carbonyl (C=O) groups excluding carboxylic acids is 1. The highest BCUT2D eigenvalue weighted by atomic mass is 16.7. The van der Waals surface area contributed by atoms with Crippen LogP contribution < -0.4 is 4.74 Å². The van der Waals surface area contributed by atoms with Crippen molar-refractivity contribution in [3.05, 3.63) is 33.9 Å². The third-order valence-electron chi connectivity index (χ3n) is 1.86. The van der Waals surface area contributed by atoms with Crippen molar-refractivity contribution < 1.29 is 29.1 Å². The normalized spacial score (nSPS) is 9.61. The number of rotatable bonds is 4. The lowest BCUT2D eigenvalue weighted by Crippen LogP contribution is -2.11. The van der Waals surface area contributed by atoms with Crippen molar-refractivity contribution in [3.8, 4) is 5.75 Å². The summed E-state index contributed by atoms with van der Waals surface area (Å²) in [5.74, 6) is -1.63. The molecule has 0 aromatic heterocycles. The molecule has 0 amide bonds. The fourth-order valence-corrected chi connectivity index (χ4v) is 1.15. The number of nitro benzene ring substituents is 1. The highest BCUT2D eigenvalue weighted by Crippen LogP contribution is 2.24. The van der Waals surface area contributed by atoms with Crippen LogP contribution in [0.1, 0.15) is 17.3 Å². The zero-order valence-corrected chi connectivity index (χ0v) is 9.28. The van der Waals surface area contributed by atoms with Crippen molar-refractivity contribution >= 4 is 17.8 Å². The molecule has 0 aliphatic rings. The molecule has 8 heteroatoms. The minimum absolute atomic E-state index is 0.0948. The molecule has 0 aliphatic carbocycles. The summed E-state index contributed by atoms with van der Waals surface area (Å²) in [4.78, 5) is 31.5. The maximum absolute atomic E-state index is 11.0. The fourth-order valence-electron chi connectivity index (χ4n) is 1.15.